The van der Waals surface area contributed by atoms with Crippen LogP contribution in [0.5, 0.6) is 0 Å². The maximum Gasteiger partial charge on any atom is 0.0712 e. The van der Waals surface area contributed by atoms with Crippen LogP contribution >= 0.6 is 34.8 Å². The number of nitrogens with one attached hydrogen (secondary N) is 1. The van der Waals surface area contributed by atoms with E-state index in [2.05, 4.69) is 10.5 Å². The van der Waals surface area contributed by atoms with Crippen molar-refractivity contribution in [1.82, 2.24) is 4.57 Å². The van der Waals surface area contributed by atoms with Crippen LogP contribution < -0.4 is 5.43 Å². The number of halogens is 3. The summed E-state index contributed by atoms with van der Waals surface area (Å²) in [4.78, 5) is 0. The minimum absolute atomic E-state index is 0.584. The summed E-state index contributed by atoms with van der Waals surface area (Å²) in [5.74, 6) is 0. The highest BCUT2D eigenvalue weighted by Crippen LogP contribution is 2.23. The van der Waals surface area contributed by atoms with Crippen LogP contribution in [0.2, 0.25) is 15.1 Å². The molecule has 0 spiro atoms. The molecule has 3 nitrogen and oxygen atoms in total. The van der Waals surface area contributed by atoms with Crippen molar-refractivity contribution in [2.45, 2.75) is 0 Å². The van der Waals surface area contributed by atoms with Crippen LogP contribution in [-0.4, -0.2) is 10.8 Å². The highest BCUT2D eigenvalue weighted by atomic mass is 35.5. The van der Waals surface area contributed by atoms with E-state index in [9.17, 15) is 0 Å². The Morgan fingerprint density at radius 1 is 0.870 bits per heavy atom. The molecular formula is C17H12Cl3N3. The van der Waals surface area contributed by atoms with Crippen LogP contribution in [-0.2, 0) is 0 Å². The Kier molecular flexibility index (Phi) is 4.91. The second-order valence-corrected chi connectivity index (χ2v) is 6.12. The van der Waals surface area contributed by atoms with E-state index in [0.29, 0.717) is 15.1 Å². The summed E-state index contributed by atoms with van der Waals surface area (Å²) < 4.78 is 1.95. The molecule has 0 atom stereocenters. The van der Waals surface area contributed by atoms with Crippen molar-refractivity contribution in [3.8, 4) is 5.69 Å². The minimum Gasteiger partial charge on any atom is -0.315 e. The van der Waals surface area contributed by atoms with Gasteiger partial charge in [0.05, 0.1) is 17.6 Å². The highest BCUT2D eigenvalue weighted by Gasteiger charge is 2.04. The van der Waals surface area contributed by atoms with E-state index in [1.807, 2.05) is 53.2 Å². The van der Waals surface area contributed by atoms with Gasteiger partial charge in [-0.2, -0.15) is 5.10 Å². The summed E-state index contributed by atoms with van der Waals surface area (Å²) in [7, 11) is 0. The van der Waals surface area contributed by atoms with Crippen molar-refractivity contribution in [2.24, 2.45) is 5.10 Å². The molecule has 0 saturated carbocycles. The maximum absolute atomic E-state index is 6.06. The van der Waals surface area contributed by atoms with Crippen molar-refractivity contribution < 1.29 is 0 Å². The van der Waals surface area contributed by atoms with Crippen molar-refractivity contribution in [3.63, 3.8) is 0 Å². The first kappa shape index (κ1) is 15.9. The number of anilines is 1. The first-order chi connectivity index (χ1) is 11.1. The molecule has 1 aromatic heterocycles. The van der Waals surface area contributed by atoms with Crippen LogP contribution in [0.15, 0.2) is 65.9 Å². The third kappa shape index (κ3) is 4.08. The summed E-state index contributed by atoms with van der Waals surface area (Å²) in [6.07, 6.45) is 3.64. The van der Waals surface area contributed by atoms with Crippen molar-refractivity contribution in [1.29, 1.82) is 0 Å². The van der Waals surface area contributed by atoms with E-state index in [1.165, 1.54) is 0 Å². The minimum atomic E-state index is 0.584. The molecule has 116 valence electrons. The average molecular weight is 365 g/mol. The smallest absolute Gasteiger partial charge is 0.0712 e. The topological polar surface area (TPSA) is 29.3 Å². The van der Waals surface area contributed by atoms with E-state index in [4.69, 9.17) is 34.8 Å². The number of benzene rings is 2. The van der Waals surface area contributed by atoms with Gasteiger partial charge in [0.2, 0.25) is 0 Å². The zero-order valence-electron chi connectivity index (χ0n) is 11.9. The van der Waals surface area contributed by atoms with Gasteiger partial charge < -0.3 is 4.57 Å². The van der Waals surface area contributed by atoms with E-state index in [0.717, 1.165) is 17.1 Å². The van der Waals surface area contributed by atoms with Crippen molar-refractivity contribution in [2.75, 3.05) is 5.43 Å². The van der Waals surface area contributed by atoms with E-state index in [1.54, 1.807) is 18.3 Å². The molecule has 0 fully saturated rings. The Balaban J connectivity index is 1.82. The molecule has 2 aromatic carbocycles. The molecule has 0 aliphatic heterocycles. The molecule has 0 aliphatic rings. The van der Waals surface area contributed by atoms with Crippen LogP contribution in [0.1, 0.15) is 5.69 Å². The molecule has 0 amide bonds. The molecule has 0 bridgehead atoms. The highest BCUT2D eigenvalue weighted by molar-refractivity contribution is 6.34. The third-order valence-electron chi connectivity index (χ3n) is 3.12. The van der Waals surface area contributed by atoms with Gasteiger partial charge in [0.25, 0.3) is 0 Å². The van der Waals surface area contributed by atoms with Crippen LogP contribution in [0.25, 0.3) is 5.69 Å². The Labute approximate surface area is 149 Å². The standard InChI is InChI=1S/C17H12Cl3N3/c18-12-3-1-4-15(8-12)22-21-11-16-5-2-6-23(16)17-9-13(19)7-14(20)10-17/h1-11,22H/b21-11-. The van der Waals surface area contributed by atoms with Gasteiger partial charge in [-0.3, -0.25) is 5.43 Å². The average Bonchev–Trinajstić information content (AvgIpc) is 2.95. The zero-order chi connectivity index (χ0) is 16.2. The normalized spacial score (nSPS) is 11.1. The molecule has 23 heavy (non-hydrogen) atoms. The van der Waals surface area contributed by atoms with Gasteiger partial charge in [-0.25, -0.2) is 0 Å². The Morgan fingerprint density at radius 3 is 2.39 bits per heavy atom. The lowest BCUT2D eigenvalue weighted by Gasteiger charge is -2.07. The first-order valence-electron chi connectivity index (χ1n) is 6.80. The summed E-state index contributed by atoms with van der Waals surface area (Å²) in [5, 5.41) is 6.06. The van der Waals surface area contributed by atoms with E-state index >= 15 is 0 Å². The first-order valence-corrected chi connectivity index (χ1v) is 7.94. The van der Waals surface area contributed by atoms with Gasteiger partial charge in [-0.15, -0.1) is 0 Å². The fraction of sp³-hybridized carbons (Fsp3) is 0. The van der Waals surface area contributed by atoms with Gasteiger partial charge >= 0.3 is 0 Å². The predicted octanol–water partition coefficient (Wildman–Crippen LogP) is 5.88. The van der Waals surface area contributed by atoms with E-state index in [-0.39, 0.29) is 0 Å². The summed E-state index contributed by atoms with van der Waals surface area (Å²) >= 11 is 18.1. The lowest BCUT2D eigenvalue weighted by molar-refractivity contribution is 1.07. The van der Waals surface area contributed by atoms with Crippen LogP contribution in [0, 0.1) is 0 Å². The van der Waals surface area contributed by atoms with Crippen molar-refractivity contribution >= 4 is 46.7 Å². The number of nitrogens with zero attached hydrogens (tertiary/aromatic N) is 2. The summed E-state index contributed by atoms with van der Waals surface area (Å²) in [6, 6.07) is 16.6. The zero-order valence-corrected chi connectivity index (χ0v) is 14.1. The SMILES string of the molecule is Clc1cccc(N/N=C\c2cccn2-c2cc(Cl)cc(Cl)c2)c1. The fourth-order valence-electron chi connectivity index (χ4n) is 2.14. The fourth-order valence-corrected chi connectivity index (χ4v) is 2.85. The molecule has 1 N–H and O–H groups in total. The molecule has 1 heterocycles. The molecular weight excluding hydrogens is 353 g/mol. The number of hydrazone groups is 1. The van der Waals surface area contributed by atoms with Crippen LogP contribution in [0.4, 0.5) is 5.69 Å². The second-order valence-electron chi connectivity index (χ2n) is 4.81. The Morgan fingerprint density at radius 2 is 1.65 bits per heavy atom. The van der Waals surface area contributed by atoms with Crippen LogP contribution in [0.3, 0.4) is 0 Å². The van der Waals surface area contributed by atoms with Gasteiger partial charge in [-0.05, 0) is 48.5 Å². The van der Waals surface area contributed by atoms with Gasteiger partial charge in [-0.1, -0.05) is 40.9 Å². The summed E-state index contributed by atoms with van der Waals surface area (Å²) in [5.41, 5.74) is 5.52. The molecule has 6 heteroatoms. The predicted molar refractivity (Wildman–Crippen MR) is 98.5 cm³/mol. The summed E-state index contributed by atoms with van der Waals surface area (Å²) in [6.45, 7) is 0. The molecule has 0 saturated heterocycles. The quantitative estimate of drug-likeness (QED) is 0.454. The number of rotatable bonds is 4. The van der Waals surface area contributed by atoms with Gasteiger partial charge in [0.1, 0.15) is 0 Å². The third-order valence-corrected chi connectivity index (χ3v) is 3.79. The molecule has 0 unspecified atom stereocenters. The van der Waals surface area contributed by atoms with Gasteiger partial charge in [0, 0.05) is 27.0 Å². The molecule has 3 rings (SSSR count). The van der Waals surface area contributed by atoms with Gasteiger partial charge in [0.15, 0.2) is 0 Å². The van der Waals surface area contributed by atoms with E-state index < -0.39 is 0 Å². The van der Waals surface area contributed by atoms with Crippen molar-refractivity contribution in [3.05, 3.63) is 81.6 Å². The Hall–Kier alpha value is -1.94. The second kappa shape index (κ2) is 7.09. The number of hydrogen-bond acceptors (Lipinski definition) is 2. The number of aromatic nitrogens is 1. The molecule has 3 aromatic rings. The molecule has 0 aliphatic carbocycles. The Bertz CT molecular complexity index is 836. The largest absolute Gasteiger partial charge is 0.315 e. The maximum atomic E-state index is 6.06. The number of hydrogen-bond donors (Lipinski definition) is 1. The monoisotopic (exact) mass is 363 g/mol. The molecule has 0 radical (unpaired) electrons. The lowest BCUT2D eigenvalue weighted by atomic mass is 10.3. The lowest BCUT2D eigenvalue weighted by Crippen LogP contribution is -1.99.